The topological polar surface area (TPSA) is 75.5 Å². The fourth-order valence-electron chi connectivity index (χ4n) is 3.22. The number of rotatable bonds is 4. The number of hydrogen-bond donors (Lipinski definition) is 0. The number of nitrogens with zero attached hydrogens (tertiary/aromatic N) is 4. The predicted molar refractivity (Wildman–Crippen MR) is 105 cm³/mol. The standard InChI is InChI=1S/C19H17ClN4O3S/c1-22-18-17(11-21-22)23(12-14-6-3-2-4-7-14)19(25)24(28(18,26)27)13-15-8-5-9-16(20)10-15/h2-11H,12-13H2,1H3. The summed E-state index contributed by atoms with van der Waals surface area (Å²) in [6.07, 6.45) is 1.41. The Kier molecular flexibility index (Phi) is 4.60. The Morgan fingerprint density at radius 1 is 1.00 bits per heavy atom. The molecule has 28 heavy (non-hydrogen) atoms. The van der Waals surface area contributed by atoms with Crippen LogP contribution >= 0.6 is 11.6 Å². The van der Waals surface area contributed by atoms with Crippen molar-refractivity contribution in [2.24, 2.45) is 7.05 Å². The SMILES string of the molecule is Cn1ncc2c1S(=O)(=O)N(Cc1cccc(Cl)c1)C(=O)N2Cc1ccccc1. The summed E-state index contributed by atoms with van der Waals surface area (Å²) in [6.45, 7) is 0.123. The summed E-state index contributed by atoms with van der Waals surface area (Å²) in [7, 11) is -2.51. The van der Waals surface area contributed by atoms with Gasteiger partial charge in [-0.05, 0) is 23.3 Å². The summed E-state index contributed by atoms with van der Waals surface area (Å²) >= 11 is 6.02. The zero-order valence-corrected chi connectivity index (χ0v) is 16.6. The van der Waals surface area contributed by atoms with Crippen LogP contribution in [0.1, 0.15) is 11.1 Å². The van der Waals surface area contributed by atoms with Crippen LogP contribution in [-0.4, -0.2) is 28.5 Å². The Morgan fingerprint density at radius 2 is 1.71 bits per heavy atom. The number of halogens is 1. The van der Waals surface area contributed by atoms with Crippen LogP contribution in [0.3, 0.4) is 0 Å². The second kappa shape index (κ2) is 6.96. The Balaban J connectivity index is 1.79. The number of anilines is 1. The molecule has 0 N–H and O–H groups in total. The van der Waals surface area contributed by atoms with Gasteiger partial charge in [-0.2, -0.15) is 13.5 Å². The molecule has 1 aliphatic heterocycles. The van der Waals surface area contributed by atoms with Gasteiger partial charge in [-0.15, -0.1) is 0 Å². The minimum absolute atomic E-state index is 0.00920. The number of urea groups is 1. The van der Waals surface area contributed by atoms with E-state index in [0.29, 0.717) is 10.6 Å². The highest BCUT2D eigenvalue weighted by molar-refractivity contribution is 7.89. The second-order valence-corrected chi connectivity index (χ2v) is 8.67. The number of benzene rings is 2. The van der Waals surface area contributed by atoms with Gasteiger partial charge in [-0.1, -0.05) is 54.1 Å². The zero-order chi connectivity index (χ0) is 19.9. The van der Waals surface area contributed by atoms with Crippen molar-refractivity contribution in [2.45, 2.75) is 18.1 Å². The Hall–Kier alpha value is -2.84. The van der Waals surface area contributed by atoms with E-state index in [0.717, 1.165) is 9.87 Å². The number of amides is 2. The number of aromatic nitrogens is 2. The van der Waals surface area contributed by atoms with Crippen LogP contribution in [0.5, 0.6) is 0 Å². The van der Waals surface area contributed by atoms with Crippen molar-refractivity contribution in [3.8, 4) is 0 Å². The lowest BCUT2D eigenvalue weighted by Gasteiger charge is -2.34. The molecule has 9 heteroatoms. The molecule has 144 valence electrons. The molecule has 2 amide bonds. The van der Waals surface area contributed by atoms with E-state index in [1.54, 1.807) is 31.3 Å². The molecule has 0 saturated carbocycles. The van der Waals surface area contributed by atoms with E-state index in [-0.39, 0.29) is 23.8 Å². The number of carbonyl (C=O) groups excluding carboxylic acids is 1. The van der Waals surface area contributed by atoms with Crippen molar-refractivity contribution in [1.29, 1.82) is 0 Å². The van der Waals surface area contributed by atoms with E-state index in [4.69, 9.17) is 11.6 Å². The van der Waals surface area contributed by atoms with Gasteiger partial charge in [0.1, 0.15) is 5.69 Å². The Bertz CT molecular complexity index is 1140. The maximum atomic E-state index is 13.2. The molecular formula is C19H17ClN4O3S. The van der Waals surface area contributed by atoms with Gasteiger partial charge in [-0.3, -0.25) is 9.58 Å². The quantitative estimate of drug-likeness (QED) is 0.653. The lowest BCUT2D eigenvalue weighted by molar-refractivity contribution is 0.225. The van der Waals surface area contributed by atoms with Crippen LogP contribution < -0.4 is 4.90 Å². The van der Waals surface area contributed by atoms with E-state index in [1.165, 1.54) is 15.8 Å². The van der Waals surface area contributed by atoms with Gasteiger partial charge in [0.05, 0.1) is 19.3 Å². The average molecular weight is 417 g/mol. The number of aryl methyl sites for hydroxylation is 1. The smallest absolute Gasteiger partial charge is 0.285 e. The van der Waals surface area contributed by atoms with E-state index < -0.39 is 16.1 Å². The molecule has 0 aliphatic carbocycles. The summed E-state index contributed by atoms with van der Waals surface area (Å²) < 4.78 is 28.5. The molecule has 0 saturated heterocycles. The van der Waals surface area contributed by atoms with E-state index in [1.807, 2.05) is 30.3 Å². The molecule has 0 spiro atoms. The molecule has 7 nitrogen and oxygen atoms in total. The van der Waals surface area contributed by atoms with E-state index in [2.05, 4.69) is 5.10 Å². The normalized spacial score (nSPS) is 15.6. The van der Waals surface area contributed by atoms with Gasteiger partial charge >= 0.3 is 6.03 Å². The minimum atomic E-state index is -4.06. The number of hydrogen-bond acceptors (Lipinski definition) is 4. The highest BCUT2D eigenvalue weighted by Gasteiger charge is 2.44. The lowest BCUT2D eigenvalue weighted by atomic mass is 10.2. The third-order valence-corrected chi connectivity index (χ3v) is 6.60. The molecule has 2 aromatic carbocycles. The van der Waals surface area contributed by atoms with Crippen LogP contribution in [0.15, 0.2) is 65.8 Å². The van der Waals surface area contributed by atoms with Gasteiger partial charge in [0, 0.05) is 12.1 Å². The first kappa shape index (κ1) is 18.5. The molecule has 0 fully saturated rings. The first-order valence-electron chi connectivity index (χ1n) is 8.52. The van der Waals surface area contributed by atoms with Gasteiger partial charge in [0.15, 0.2) is 5.03 Å². The molecule has 2 heterocycles. The van der Waals surface area contributed by atoms with Gasteiger partial charge in [-0.25, -0.2) is 9.10 Å². The molecule has 0 bridgehead atoms. The van der Waals surface area contributed by atoms with Crippen LogP contribution in [-0.2, 0) is 30.2 Å². The fourth-order valence-corrected chi connectivity index (χ4v) is 5.07. The summed E-state index contributed by atoms with van der Waals surface area (Å²) in [5, 5.41) is 4.54. The number of carbonyl (C=O) groups is 1. The Morgan fingerprint density at radius 3 is 2.43 bits per heavy atom. The van der Waals surface area contributed by atoms with Crippen molar-refractivity contribution in [3.05, 3.63) is 76.9 Å². The minimum Gasteiger partial charge on any atom is -0.285 e. The molecule has 3 aromatic rings. The summed E-state index contributed by atoms with van der Waals surface area (Å²) in [6, 6.07) is 15.6. The molecule has 1 aromatic heterocycles. The van der Waals surface area contributed by atoms with Crippen LogP contribution in [0.2, 0.25) is 5.02 Å². The van der Waals surface area contributed by atoms with Crippen molar-refractivity contribution >= 4 is 33.3 Å². The van der Waals surface area contributed by atoms with Gasteiger partial charge in [0.25, 0.3) is 10.0 Å². The zero-order valence-electron chi connectivity index (χ0n) is 15.0. The number of fused-ring (bicyclic) bond motifs is 1. The van der Waals surface area contributed by atoms with Crippen molar-refractivity contribution in [3.63, 3.8) is 0 Å². The molecule has 0 atom stereocenters. The number of sulfonamides is 1. The van der Waals surface area contributed by atoms with Crippen molar-refractivity contribution < 1.29 is 13.2 Å². The molecule has 4 rings (SSSR count). The Labute approximate surface area is 167 Å². The molecule has 0 unspecified atom stereocenters. The van der Waals surface area contributed by atoms with Crippen LogP contribution in [0, 0.1) is 0 Å². The first-order valence-corrected chi connectivity index (χ1v) is 10.3. The van der Waals surface area contributed by atoms with Crippen LogP contribution in [0.4, 0.5) is 10.5 Å². The molecule has 1 aliphatic rings. The maximum absolute atomic E-state index is 13.2. The third-order valence-electron chi connectivity index (χ3n) is 4.53. The van der Waals surface area contributed by atoms with Crippen molar-refractivity contribution in [2.75, 3.05) is 4.90 Å². The average Bonchev–Trinajstić information content (AvgIpc) is 3.06. The monoisotopic (exact) mass is 416 g/mol. The highest BCUT2D eigenvalue weighted by Crippen LogP contribution is 2.35. The molecule has 0 radical (unpaired) electrons. The molecular weight excluding hydrogens is 400 g/mol. The van der Waals surface area contributed by atoms with E-state index in [9.17, 15) is 13.2 Å². The van der Waals surface area contributed by atoms with Gasteiger partial charge in [0.2, 0.25) is 0 Å². The predicted octanol–water partition coefficient (Wildman–Crippen LogP) is 3.40. The van der Waals surface area contributed by atoms with Gasteiger partial charge < -0.3 is 0 Å². The summed E-state index contributed by atoms with van der Waals surface area (Å²) in [5.74, 6) is 0. The largest absolute Gasteiger partial charge is 0.339 e. The van der Waals surface area contributed by atoms with Crippen molar-refractivity contribution in [1.82, 2.24) is 14.1 Å². The van der Waals surface area contributed by atoms with Crippen LogP contribution in [0.25, 0.3) is 0 Å². The summed E-state index contributed by atoms with van der Waals surface area (Å²) in [5.41, 5.74) is 1.78. The maximum Gasteiger partial charge on any atom is 0.339 e. The second-order valence-electron chi connectivity index (χ2n) is 6.45. The third kappa shape index (κ3) is 3.14. The van der Waals surface area contributed by atoms with E-state index >= 15 is 0 Å². The highest BCUT2D eigenvalue weighted by atomic mass is 35.5. The summed E-state index contributed by atoms with van der Waals surface area (Å²) in [4.78, 5) is 14.6. The fraction of sp³-hybridized carbons (Fsp3) is 0.158. The lowest BCUT2D eigenvalue weighted by Crippen LogP contribution is -2.50. The first-order chi connectivity index (χ1) is 13.4.